The number of hydrogen-bond donors (Lipinski definition) is 2. The summed E-state index contributed by atoms with van der Waals surface area (Å²) >= 11 is 0. The van der Waals surface area contributed by atoms with Crippen molar-refractivity contribution in [3.63, 3.8) is 0 Å². The number of benzene rings is 1. The van der Waals surface area contributed by atoms with E-state index in [1.54, 1.807) is 42.9 Å². The van der Waals surface area contributed by atoms with Gasteiger partial charge >= 0.3 is 0 Å². The van der Waals surface area contributed by atoms with Gasteiger partial charge in [-0.2, -0.15) is 0 Å². The molecule has 0 bridgehead atoms. The highest BCUT2D eigenvalue weighted by Crippen LogP contribution is 2.17. The number of rotatable bonds is 5. The van der Waals surface area contributed by atoms with E-state index in [1.165, 1.54) is 12.1 Å². The summed E-state index contributed by atoms with van der Waals surface area (Å²) < 4.78 is 12.9. The second kappa shape index (κ2) is 7.32. The largest absolute Gasteiger partial charge is 0.355 e. The van der Waals surface area contributed by atoms with E-state index >= 15 is 0 Å². The van der Waals surface area contributed by atoms with E-state index in [0.717, 1.165) is 11.3 Å². The molecule has 0 radical (unpaired) electrons. The molecule has 0 aliphatic heterocycles. The Balaban J connectivity index is 1.65. The van der Waals surface area contributed by atoms with Gasteiger partial charge in [0, 0.05) is 36.5 Å². The molecule has 2 N–H and O–H groups in total. The highest BCUT2D eigenvalue weighted by Gasteiger charge is 2.08. The fourth-order valence-electron chi connectivity index (χ4n) is 2.11. The molecule has 0 fully saturated rings. The number of hydrogen-bond acceptors (Lipinski definition) is 4. The Morgan fingerprint density at radius 1 is 0.958 bits per heavy atom. The Kier molecular flexibility index (Phi) is 4.76. The van der Waals surface area contributed by atoms with Gasteiger partial charge in [0.05, 0.1) is 0 Å². The predicted molar refractivity (Wildman–Crippen MR) is 89.3 cm³/mol. The van der Waals surface area contributed by atoms with Crippen LogP contribution in [0, 0.1) is 5.82 Å². The molecule has 0 aliphatic rings. The highest BCUT2D eigenvalue weighted by molar-refractivity contribution is 5.93. The van der Waals surface area contributed by atoms with Gasteiger partial charge in [-0.3, -0.25) is 14.8 Å². The number of aromatic nitrogens is 2. The van der Waals surface area contributed by atoms with Crippen LogP contribution in [0.1, 0.15) is 16.1 Å². The van der Waals surface area contributed by atoms with Crippen molar-refractivity contribution in [2.45, 2.75) is 6.54 Å². The van der Waals surface area contributed by atoms with Gasteiger partial charge in [0.15, 0.2) is 0 Å². The first-order valence-corrected chi connectivity index (χ1v) is 7.36. The van der Waals surface area contributed by atoms with Crippen LogP contribution < -0.4 is 10.6 Å². The van der Waals surface area contributed by atoms with E-state index in [1.807, 2.05) is 12.1 Å². The van der Waals surface area contributed by atoms with Crippen molar-refractivity contribution < 1.29 is 9.18 Å². The maximum absolute atomic E-state index is 12.9. The van der Waals surface area contributed by atoms with Gasteiger partial charge in [0.25, 0.3) is 5.91 Å². The molecular formula is C18H15FN4O. The third-order valence-electron chi connectivity index (χ3n) is 3.33. The smallest absolute Gasteiger partial charge is 0.270 e. The summed E-state index contributed by atoms with van der Waals surface area (Å²) in [4.78, 5) is 20.2. The van der Waals surface area contributed by atoms with Crippen molar-refractivity contribution in [2.75, 3.05) is 5.32 Å². The Hall–Kier alpha value is -3.28. The summed E-state index contributed by atoms with van der Waals surface area (Å²) in [5, 5.41) is 5.91. The van der Waals surface area contributed by atoms with Crippen LogP contribution in [0.3, 0.4) is 0 Å². The van der Waals surface area contributed by atoms with Crippen molar-refractivity contribution in [1.29, 1.82) is 0 Å². The van der Waals surface area contributed by atoms with Crippen LogP contribution in [0.15, 0.2) is 67.1 Å². The van der Waals surface area contributed by atoms with Gasteiger partial charge in [-0.15, -0.1) is 0 Å². The lowest BCUT2D eigenvalue weighted by atomic mass is 10.2. The predicted octanol–water partition coefficient (Wildman–Crippen LogP) is 3.29. The maximum Gasteiger partial charge on any atom is 0.270 e. The third kappa shape index (κ3) is 4.13. The Morgan fingerprint density at radius 2 is 1.71 bits per heavy atom. The maximum atomic E-state index is 12.9. The van der Waals surface area contributed by atoms with Crippen LogP contribution in [-0.4, -0.2) is 15.9 Å². The lowest BCUT2D eigenvalue weighted by Gasteiger charge is -2.08. The summed E-state index contributed by atoms with van der Waals surface area (Å²) in [5.74, 6) is -0.568. The number of carbonyl (C=O) groups is 1. The van der Waals surface area contributed by atoms with Gasteiger partial charge < -0.3 is 10.6 Å². The van der Waals surface area contributed by atoms with Gasteiger partial charge in [0.1, 0.15) is 11.5 Å². The Morgan fingerprint density at radius 3 is 2.46 bits per heavy atom. The number of nitrogens with zero attached hydrogens (tertiary/aromatic N) is 2. The summed E-state index contributed by atoms with van der Waals surface area (Å²) in [7, 11) is 0. The van der Waals surface area contributed by atoms with Gasteiger partial charge in [-0.05, 0) is 54.1 Å². The molecule has 24 heavy (non-hydrogen) atoms. The number of amides is 1. The Bertz CT molecular complexity index is 822. The fourth-order valence-corrected chi connectivity index (χ4v) is 2.11. The van der Waals surface area contributed by atoms with Crippen LogP contribution in [0.5, 0.6) is 0 Å². The molecule has 0 saturated carbocycles. The summed E-state index contributed by atoms with van der Waals surface area (Å²) in [6, 6.07) is 13.0. The molecule has 0 spiro atoms. The van der Waals surface area contributed by atoms with E-state index in [4.69, 9.17) is 0 Å². The molecule has 0 aliphatic carbocycles. The average Bonchev–Trinajstić information content (AvgIpc) is 2.63. The summed E-state index contributed by atoms with van der Waals surface area (Å²) in [6.45, 7) is 0.401. The second-order valence-corrected chi connectivity index (χ2v) is 5.10. The number of carbonyl (C=O) groups excluding carboxylic acids is 1. The normalized spacial score (nSPS) is 10.2. The number of nitrogens with one attached hydrogen (secondary N) is 2. The number of halogens is 1. The fraction of sp³-hybridized carbons (Fsp3) is 0.0556. The Labute approximate surface area is 138 Å². The first kappa shape index (κ1) is 15.6. The molecule has 1 amide bonds. The molecule has 2 heterocycles. The minimum Gasteiger partial charge on any atom is -0.355 e. The van der Waals surface area contributed by atoms with Crippen molar-refractivity contribution in [3.05, 3.63) is 84.2 Å². The summed E-state index contributed by atoms with van der Waals surface area (Å²) in [6.07, 6.45) is 4.90. The average molecular weight is 322 g/mol. The lowest BCUT2D eigenvalue weighted by molar-refractivity contribution is 0.0946. The molecular weight excluding hydrogens is 307 g/mol. The minimum atomic E-state index is -0.300. The van der Waals surface area contributed by atoms with Crippen molar-refractivity contribution >= 4 is 17.3 Å². The SMILES string of the molecule is O=C(NCc1ccncc1)c1cc(Nc2ccc(F)cc2)ccn1. The lowest BCUT2D eigenvalue weighted by Crippen LogP contribution is -2.23. The van der Waals surface area contributed by atoms with Crippen LogP contribution in [0.25, 0.3) is 0 Å². The van der Waals surface area contributed by atoms with Crippen LogP contribution in [-0.2, 0) is 6.54 Å². The van der Waals surface area contributed by atoms with E-state index in [2.05, 4.69) is 20.6 Å². The quantitative estimate of drug-likeness (QED) is 0.756. The van der Waals surface area contributed by atoms with Gasteiger partial charge in [-0.25, -0.2) is 4.39 Å². The van der Waals surface area contributed by atoms with Gasteiger partial charge in [0.2, 0.25) is 0 Å². The van der Waals surface area contributed by atoms with Crippen LogP contribution in [0.4, 0.5) is 15.8 Å². The molecule has 0 unspecified atom stereocenters. The number of pyridine rings is 2. The first-order valence-electron chi connectivity index (χ1n) is 7.36. The number of anilines is 2. The standard InChI is InChI=1S/C18H15FN4O/c19-14-1-3-15(4-2-14)23-16-7-10-21-17(11-16)18(24)22-12-13-5-8-20-9-6-13/h1-11H,12H2,(H,21,23)(H,22,24). The van der Waals surface area contributed by atoms with E-state index < -0.39 is 0 Å². The van der Waals surface area contributed by atoms with Crippen molar-refractivity contribution in [2.24, 2.45) is 0 Å². The zero-order valence-electron chi connectivity index (χ0n) is 12.7. The monoisotopic (exact) mass is 322 g/mol. The zero-order chi connectivity index (χ0) is 16.8. The highest BCUT2D eigenvalue weighted by atomic mass is 19.1. The van der Waals surface area contributed by atoms with Gasteiger partial charge in [-0.1, -0.05) is 0 Å². The zero-order valence-corrected chi connectivity index (χ0v) is 12.7. The van der Waals surface area contributed by atoms with Crippen LogP contribution in [0.2, 0.25) is 0 Å². The van der Waals surface area contributed by atoms with Crippen molar-refractivity contribution in [3.8, 4) is 0 Å². The van der Waals surface area contributed by atoms with E-state index in [9.17, 15) is 9.18 Å². The topological polar surface area (TPSA) is 66.9 Å². The molecule has 6 heteroatoms. The molecule has 1 aromatic carbocycles. The third-order valence-corrected chi connectivity index (χ3v) is 3.33. The molecule has 3 rings (SSSR count). The first-order chi connectivity index (χ1) is 11.7. The van der Waals surface area contributed by atoms with Crippen LogP contribution >= 0.6 is 0 Å². The van der Waals surface area contributed by atoms with E-state index in [-0.39, 0.29) is 11.7 Å². The van der Waals surface area contributed by atoms with Crippen molar-refractivity contribution in [1.82, 2.24) is 15.3 Å². The second-order valence-electron chi connectivity index (χ2n) is 5.10. The molecule has 2 aromatic heterocycles. The minimum absolute atomic E-state index is 0.269. The molecule has 0 atom stereocenters. The molecule has 3 aromatic rings. The van der Waals surface area contributed by atoms with E-state index in [0.29, 0.717) is 17.9 Å². The molecule has 120 valence electrons. The summed E-state index contributed by atoms with van der Waals surface area (Å²) in [5.41, 5.74) is 2.69. The molecule has 0 saturated heterocycles. The molecule has 5 nitrogen and oxygen atoms in total.